The zero-order chi connectivity index (χ0) is 79.9. The van der Waals surface area contributed by atoms with Gasteiger partial charge in [-0.15, -0.1) is 0 Å². The van der Waals surface area contributed by atoms with E-state index >= 15 is 0 Å². The van der Waals surface area contributed by atoms with Crippen molar-refractivity contribution in [2.45, 2.75) is 10.8 Å². The third kappa shape index (κ3) is 9.41. The number of benzene rings is 22. The first-order chi connectivity index (χ1) is 60.6. The lowest BCUT2D eigenvalue weighted by Crippen LogP contribution is -2.25. The van der Waals surface area contributed by atoms with Crippen molar-refractivity contribution >= 4 is 53.9 Å². The normalized spacial score (nSPS) is 13.2. The van der Waals surface area contributed by atoms with E-state index < -0.39 is 10.8 Å². The molecule has 0 aromatic heterocycles. The minimum Gasteiger partial charge on any atom is -0.0622 e. The van der Waals surface area contributed by atoms with E-state index in [1.165, 1.54) is 199 Å². The van der Waals surface area contributed by atoms with Crippen molar-refractivity contribution in [1.82, 2.24) is 0 Å². The molecule has 4 aliphatic carbocycles. The van der Waals surface area contributed by atoms with Crippen LogP contribution in [0.5, 0.6) is 0 Å². The van der Waals surface area contributed by atoms with Crippen LogP contribution in [0.1, 0.15) is 44.5 Å². The van der Waals surface area contributed by atoms with Crippen LogP contribution < -0.4 is 0 Å². The minimum atomic E-state index is -0.516. The molecule has 0 aliphatic heterocycles. The van der Waals surface area contributed by atoms with Gasteiger partial charge in [0, 0.05) is 0 Å². The molecule has 4 aliphatic rings. The average Bonchev–Trinajstić information content (AvgIpc) is 0.881. The molecule has 0 heterocycles. The van der Waals surface area contributed by atoms with Gasteiger partial charge < -0.3 is 0 Å². The van der Waals surface area contributed by atoms with Crippen LogP contribution >= 0.6 is 0 Å². The number of rotatable bonds is 10. The third-order valence-electron chi connectivity index (χ3n) is 27.8. The Bertz CT molecular complexity index is 7530. The number of hydrogen-bond donors (Lipinski definition) is 0. The summed E-state index contributed by atoms with van der Waals surface area (Å²) >= 11 is 0. The van der Waals surface area contributed by atoms with Gasteiger partial charge in [-0.3, -0.25) is 0 Å². The lowest BCUT2D eigenvalue weighted by atomic mass is 9.70. The molecule has 22 aromatic rings. The van der Waals surface area contributed by atoms with Crippen molar-refractivity contribution in [1.29, 1.82) is 0 Å². The zero-order valence-electron chi connectivity index (χ0n) is 66.7. The van der Waals surface area contributed by atoms with E-state index in [9.17, 15) is 0 Å². The fraction of sp³-hybridized carbons (Fsp3) is 0.0164. The predicted molar refractivity (Wildman–Crippen MR) is 512 cm³/mol. The van der Waals surface area contributed by atoms with Gasteiger partial charge in [0.25, 0.3) is 0 Å². The Labute approximate surface area is 708 Å². The van der Waals surface area contributed by atoms with E-state index in [0.29, 0.717) is 0 Å². The van der Waals surface area contributed by atoms with Crippen LogP contribution in [0.4, 0.5) is 0 Å². The molecule has 0 heteroatoms. The van der Waals surface area contributed by atoms with Crippen LogP contribution in [0.25, 0.3) is 210 Å². The molecule has 0 N–H and O–H groups in total. The van der Waals surface area contributed by atoms with Crippen LogP contribution in [0.15, 0.2) is 449 Å². The van der Waals surface area contributed by atoms with Gasteiger partial charge in [0.1, 0.15) is 0 Å². The summed E-state index contributed by atoms with van der Waals surface area (Å²) in [4.78, 5) is 0. The largest absolute Gasteiger partial charge is 0.0725 e. The number of hydrogen-bond acceptors (Lipinski definition) is 0. The van der Waals surface area contributed by atoms with E-state index in [1.807, 2.05) is 0 Å². The minimum absolute atomic E-state index is 0.516. The van der Waals surface area contributed by atoms with Gasteiger partial charge >= 0.3 is 0 Å². The molecule has 0 radical (unpaired) electrons. The first-order valence-corrected chi connectivity index (χ1v) is 42.8. The summed E-state index contributed by atoms with van der Waals surface area (Å²) in [6.45, 7) is 0. The molecular formula is C122H74. The SMILES string of the molecule is c1ccc(-c2c(-c3ccccc3)c(-c3ccccc3)c3c4cccc5c6c(-c7cccc(-c8ccc9c(c8)C8(c%10ccccc%10-c%10ccccc%108)c8ccccc8-9)c7)c(-c7ccccc7)c(-c7ccccc7)c(-c7cccc(-c8ccc9c(c8)C8(c%10ccccc%10-c%10ccccc%108)c8ccccc8-9)c7)c6c6cccc(c3c2-c2ccccc2)c6c45)cc1. The standard InChI is InChI=1S/C122H74/c1-7-35-75(36-8-1)107-108(76-37-9-2-10-38-76)112(80-45-17-6-18-46-80)118-96-58-34-60-98-116(96)115-95(117(118)111(107)79-43-15-5-16-44-79)57-33-59-97(115)119-113(85-49-31-47-81(71-85)83-67-69-93-91-55-23-29-65-103(91)121(105(93)73-83)99-61-25-19-51-87(99)88-52-20-26-62-100(88)121)109(77-39-11-3-12-40-77)110(78-41-13-4-14-42-78)114(120(98)119)86-50-32-48-82(72-86)84-68-70-94-92-56-24-30-66-104(92)122(106(94)74-84)101-63-27-21-53-89(101)90-54-22-28-64-102(90)122/h1-74H. The highest BCUT2D eigenvalue weighted by Gasteiger charge is 2.53. The van der Waals surface area contributed by atoms with Crippen molar-refractivity contribution in [2.24, 2.45) is 0 Å². The van der Waals surface area contributed by atoms with Gasteiger partial charge in [-0.25, -0.2) is 0 Å². The van der Waals surface area contributed by atoms with E-state index in [-0.39, 0.29) is 0 Å². The molecule has 562 valence electrons. The lowest BCUT2D eigenvalue weighted by Gasteiger charge is -2.31. The quantitative estimate of drug-likeness (QED) is 0.0946. The summed E-state index contributed by atoms with van der Waals surface area (Å²) in [5, 5.41) is 12.2. The molecule has 26 rings (SSSR count). The van der Waals surface area contributed by atoms with Crippen LogP contribution in [0, 0.1) is 0 Å². The fourth-order valence-corrected chi connectivity index (χ4v) is 23.2. The van der Waals surface area contributed by atoms with Gasteiger partial charge in [0.05, 0.1) is 10.8 Å². The van der Waals surface area contributed by atoms with E-state index in [0.717, 1.165) is 55.6 Å². The molecule has 122 heavy (non-hydrogen) atoms. The highest BCUT2D eigenvalue weighted by atomic mass is 14.5. The Morgan fingerprint density at radius 1 is 0.107 bits per heavy atom. The first-order valence-electron chi connectivity index (χ1n) is 42.8. The van der Waals surface area contributed by atoms with Crippen LogP contribution in [0.2, 0.25) is 0 Å². The summed E-state index contributed by atoms with van der Waals surface area (Å²) in [7, 11) is 0. The summed E-state index contributed by atoms with van der Waals surface area (Å²) in [5.74, 6) is 0. The molecule has 0 fully saturated rings. The highest BCUT2D eigenvalue weighted by Crippen LogP contribution is 2.67. The topological polar surface area (TPSA) is 0 Å². The van der Waals surface area contributed by atoms with Gasteiger partial charge in [-0.2, -0.15) is 0 Å². The molecule has 0 bridgehead atoms. The van der Waals surface area contributed by atoms with Gasteiger partial charge in [-0.1, -0.05) is 425 Å². The summed E-state index contributed by atoms with van der Waals surface area (Å²) in [6.07, 6.45) is 0. The molecule has 0 unspecified atom stereocenters. The maximum atomic E-state index is 2.56. The monoisotopic (exact) mass is 1540 g/mol. The fourth-order valence-electron chi connectivity index (χ4n) is 23.2. The summed E-state index contributed by atoms with van der Waals surface area (Å²) in [6, 6.07) is 172. The van der Waals surface area contributed by atoms with Crippen LogP contribution in [-0.4, -0.2) is 0 Å². The lowest BCUT2D eigenvalue weighted by molar-refractivity contribution is 0.794. The van der Waals surface area contributed by atoms with Crippen LogP contribution in [0.3, 0.4) is 0 Å². The second-order valence-corrected chi connectivity index (χ2v) is 33.6. The smallest absolute Gasteiger partial charge is 0.0622 e. The molecule has 22 aromatic carbocycles. The molecule has 2 spiro atoms. The number of fused-ring (bicyclic) bond motifs is 26. The third-order valence-corrected chi connectivity index (χ3v) is 27.8. The second-order valence-electron chi connectivity index (χ2n) is 33.6. The van der Waals surface area contributed by atoms with Crippen molar-refractivity contribution in [3.8, 4) is 156 Å². The Hall–Kier alpha value is -15.6. The van der Waals surface area contributed by atoms with Gasteiger partial charge in [0.15, 0.2) is 0 Å². The Morgan fingerprint density at radius 2 is 0.295 bits per heavy atom. The molecule has 0 saturated heterocycles. The Kier molecular flexibility index (Phi) is 14.8. The molecular weight excluding hydrogens is 1470 g/mol. The summed E-state index contributed by atoms with van der Waals surface area (Å²) < 4.78 is 0. The Morgan fingerprint density at radius 3 is 0.557 bits per heavy atom. The van der Waals surface area contributed by atoms with Crippen molar-refractivity contribution in [3.05, 3.63) is 493 Å². The predicted octanol–water partition coefficient (Wildman–Crippen LogP) is 32.2. The maximum Gasteiger partial charge on any atom is 0.0725 e. The van der Waals surface area contributed by atoms with E-state index in [2.05, 4.69) is 449 Å². The van der Waals surface area contributed by atoms with Crippen molar-refractivity contribution in [2.75, 3.05) is 0 Å². The van der Waals surface area contributed by atoms with Crippen molar-refractivity contribution < 1.29 is 0 Å². The molecule has 0 amide bonds. The van der Waals surface area contributed by atoms with Gasteiger partial charge in [-0.05, 0) is 278 Å². The van der Waals surface area contributed by atoms with Crippen LogP contribution in [-0.2, 0) is 10.8 Å². The van der Waals surface area contributed by atoms with Gasteiger partial charge in [0.2, 0.25) is 0 Å². The highest BCUT2D eigenvalue weighted by molar-refractivity contribution is 6.47. The van der Waals surface area contributed by atoms with E-state index in [1.54, 1.807) is 0 Å². The molecule has 0 atom stereocenters. The average molecular weight is 1540 g/mol. The second kappa shape index (κ2) is 26.5. The summed E-state index contributed by atoms with van der Waals surface area (Å²) in [5.41, 5.74) is 43.3. The zero-order valence-corrected chi connectivity index (χ0v) is 66.7. The molecule has 0 nitrogen and oxygen atoms in total. The molecule has 0 saturated carbocycles. The van der Waals surface area contributed by atoms with Crippen molar-refractivity contribution in [3.63, 3.8) is 0 Å². The van der Waals surface area contributed by atoms with E-state index in [4.69, 9.17) is 0 Å². The Balaban J connectivity index is 0.823. The first kappa shape index (κ1) is 68.5. The maximum absolute atomic E-state index is 2.56.